The van der Waals surface area contributed by atoms with Crippen LogP contribution in [-0.4, -0.2) is 51.8 Å². The van der Waals surface area contributed by atoms with Crippen molar-refractivity contribution < 1.29 is 4.79 Å². The lowest BCUT2D eigenvalue weighted by Crippen LogP contribution is -2.43. The molecule has 1 N–H and O–H groups in total. The number of likely N-dealkylation sites (tertiary alicyclic amines) is 1. The summed E-state index contributed by atoms with van der Waals surface area (Å²) in [5, 5.41) is 7.95. The predicted molar refractivity (Wildman–Crippen MR) is 113 cm³/mol. The van der Waals surface area contributed by atoms with Crippen molar-refractivity contribution in [3.05, 3.63) is 11.6 Å². The Labute approximate surface area is 175 Å². The number of halogens is 2. The van der Waals surface area contributed by atoms with Crippen LogP contribution in [0.5, 0.6) is 0 Å². The van der Waals surface area contributed by atoms with E-state index in [1.165, 1.54) is 19.3 Å². The van der Waals surface area contributed by atoms with Gasteiger partial charge < -0.3 is 10.2 Å². The van der Waals surface area contributed by atoms with E-state index in [9.17, 15) is 4.79 Å². The molecule has 3 heterocycles. The van der Waals surface area contributed by atoms with E-state index < -0.39 is 0 Å². The third-order valence-electron chi connectivity index (χ3n) is 5.90. The first-order valence-electron chi connectivity index (χ1n) is 9.89. The Hall–Kier alpha value is -0.850. The highest BCUT2D eigenvalue weighted by atomic mass is 35.5. The molecule has 0 radical (unpaired) electrons. The molecule has 1 amide bonds. The van der Waals surface area contributed by atoms with Crippen LogP contribution in [0.3, 0.4) is 0 Å². The van der Waals surface area contributed by atoms with Crippen molar-refractivity contribution in [3.8, 4) is 0 Å². The number of nitrogens with one attached hydrogen (secondary N) is 1. The summed E-state index contributed by atoms with van der Waals surface area (Å²) in [6.45, 7) is 11.0. The zero-order chi connectivity index (χ0) is 17.8. The molecule has 3 atom stereocenters. The van der Waals surface area contributed by atoms with Gasteiger partial charge in [0.2, 0.25) is 5.91 Å². The summed E-state index contributed by atoms with van der Waals surface area (Å²) < 4.78 is 2.00. The maximum Gasteiger partial charge on any atom is 0.222 e. The molecule has 2 aliphatic heterocycles. The zero-order valence-corrected chi connectivity index (χ0v) is 18.4. The molecule has 1 aromatic heterocycles. The number of piperidine rings is 2. The van der Waals surface area contributed by atoms with Crippen molar-refractivity contribution >= 4 is 30.7 Å². The molecule has 1 aromatic rings. The number of aryl methyl sites for hydroxylation is 2. The second-order valence-electron chi connectivity index (χ2n) is 8.02. The molecule has 156 valence electrons. The molecule has 6 nitrogen and oxygen atoms in total. The van der Waals surface area contributed by atoms with Gasteiger partial charge in [-0.15, -0.1) is 24.8 Å². The maximum absolute atomic E-state index is 12.8. The Morgan fingerprint density at radius 2 is 2.04 bits per heavy atom. The minimum atomic E-state index is 0. The van der Waals surface area contributed by atoms with Gasteiger partial charge in [-0.3, -0.25) is 4.79 Å². The molecule has 3 rings (SSSR count). The molecule has 2 aliphatic rings. The number of rotatable bonds is 5. The third-order valence-corrected chi connectivity index (χ3v) is 5.90. The molecular weight excluding hydrogens is 385 g/mol. The van der Waals surface area contributed by atoms with Gasteiger partial charge in [0.05, 0.1) is 0 Å². The minimum Gasteiger partial charge on any atom is -0.342 e. The lowest BCUT2D eigenvalue weighted by Gasteiger charge is -2.35. The molecule has 2 fully saturated rings. The first-order chi connectivity index (χ1) is 12.0. The number of hydrogen-bond donors (Lipinski definition) is 1. The van der Waals surface area contributed by atoms with E-state index in [4.69, 9.17) is 0 Å². The van der Waals surface area contributed by atoms with Crippen LogP contribution in [-0.2, 0) is 11.3 Å². The molecule has 8 heteroatoms. The van der Waals surface area contributed by atoms with Crippen LogP contribution in [0.15, 0.2) is 0 Å². The smallest absolute Gasteiger partial charge is 0.222 e. The lowest BCUT2D eigenvalue weighted by atomic mass is 9.85. The number of carbonyl (C=O) groups is 1. The zero-order valence-electron chi connectivity index (χ0n) is 16.8. The van der Waals surface area contributed by atoms with Crippen molar-refractivity contribution in [2.24, 2.45) is 17.8 Å². The van der Waals surface area contributed by atoms with Crippen molar-refractivity contribution in [2.45, 2.75) is 59.4 Å². The average molecular weight is 420 g/mol. The third kappa shape index (κ3) is 6.61. The van der Waals surface area contributed by atoms with E-state index in [1.54, 1.807) is 0 Å². The van der Waals surface area contributed by atoms with E-state index in [2.05, 4.69) is 27.2 Å². The highest BCUT2D eigenvalue weighted by Gasteiger charge is 2.28. The van der Waals surface area contributed by atoms with Crippen molar-refractivity contribution in [3.63, 3.8) is 0 Å². The summed E-state index contributed by atoms with van der Waals surface area (Å²) in [4.78, 5) is 19.3. The maximum atomic E-state index is 12.8. The molecule has 0 aromatic carbocycles. The van der Waals surface area contributed by atoms with Gasteiger partial charge in [0.15, 0.2) is 0 Å². The van der Waals surface area contributed by atoms with Crippen LogP contribution in [0.25, 0.3) is 0 Å². The molecule has 0 spiro atoms. The number of carbonyl (C=O) groups excluding carboxylic acids is 1. The van der Waals surface area contributed by atoms with Crippen LogP contribution in [0, 0.1) is 31.6 Å². The summed E-state index contributed by atoms with van der Waals surface area (Å²) >= 11 is 0. The first-order valence-corrected chi connectivity index (χ1v) is 9.89. The quantitative estimate of drug-likeness (QED) is 0.796. The van der Waals surface area contributed by atoms with Crippen LogP contribution in [0.4, 0.5) is 0 Å². The van der Waals surface area contributed by atoms with Crippen molar-refractivity contribution in [1.29, 1.82) is 0 Å². The van der Waals surface area contributed by atoms with Gasteiger partial charge in [-0.2, -0.15) is 5.10 Å². The molecule has 0 aliphatic carbocycles. The van der Waals surface area contributed by atoms with Crippen LogP contribution in [0.2, 0.25) is 0 Å². The molecule has 27 heavy (non-hydrogen) atoms. The lowest BCUT2D eigenvalue weighted by molar-refractivity contribution is -0.134. The fraction of sp³-hybridized carbons (Fsp3) is 0.842. The second kappa shape index (κ2) is 11.2. The summed E-state index contributed by atoms with van der Waals surface area (Å²) in [6.07, 6.45) is 5.47. The Balaban J connectivity index is 0.00000182. The highest BCUT2D eigenvalue weighted by Crippen LogP contribution is 2.25. The molecule has 3 unspecified atom stereocenters. The number of amides is 1. The predicted octanol–water partition coefficient (Wildman–Crippen LogP) is 3.00. The van der Waals surface area contributed by atoms with Gasteiger partial charge in [0.1, 0.15) is 11.6 Å². The van der Waals surface area contributed by atoms with Crippen LogP contribution >= 0.6 is 24.8 Å². The van der Waals surface area contributed by atoms with E-state index >= 15 is 0 Å². The number of hydrogen-bond acceptors (Lipinski definition) is 4. The Kier molecular flexibility index (Phi) is 10.1. The molecule has 0 saturated carbocycles. The number of aromatic nitrogens is 3. The van der Waals surface area contributed by atoms with Crippen molar-refractivity contribution in [1.82, 2.24) is 25.0 Å². The van der Waals surface area contributed by atoms with E-state index in [0.29, 0.717) is 30.1 Å². The second-order valence-corrected chi connectivity index (χ2v) is 8.02. The number of nitrogens with zero attached hydrogens (tertiary/aromatic N) is 4. The van der Waals surface area contributed by atoms with Crippen LogP contribution < -0.4 is 5.32 Å². The largest absolute Gasteiger partial charge is 0.342 e. The SMILES string of the molecule is Cc1nc(C)n(CC2CCCN(C(=O)CC(C)C3CCCNC3)C2)n1.Cl.Cl. The van der Waals surface area contributed by atoms with Gasteiger partial charge in [-0.05, 0) is 70.4 Å². The standard InChI is InChI=1S/C19H33N5O.2ClH/c1-14(18-7-4-8-20-11-18)10-19(25)23-9-5-6-17(12-23)13-24-16(3)21-15(2)22-24;;/h14,17-18,20H,4-13H2,1-3H3;2*1H. The monoisotopic (exact) mass is 419 g/mol. The van der Waals surface area contributed by atoms with E-state index in [1.807, 2.05) is 18.5 Å². The molecule has 0 bridgehead atoms. The minimum absolute atomic E-state index is 0. The molecular formula is C19H35Cl2N5O. The first kappa shape index (κ1) is 24.2. The van der Waals surface area contributed by atoms with E-state index in [-0.39, 0.29) is 24.8 Å². The summed E-state index contributed by atoms with van der Waals surface area (Å²) in [5.41, 5.74) is 0. The summed E-state index contributed by atoms with van der Waals surface area (Å²) in [5.74, 6) is 3.76. The average Bonchev–Trinajstić information content (AvgIpc) is 2.93. The molecule has 2 saturated heterocycles. The van der Waals surface area contributed by atoms with Gasteiger partial charge in [-0.1, -0.05) is 6.92 Å². The van der Waals surface area contributed by atoms with E-state index in [0.717, 1.165) is 50.8 Å². The van der Waals surface area contributed by atoms with Gasteiger partial charge >= 0.3 is 0 Å². The van der Waals surface area contributed by atoms with Gasteiger partial charge in [0, 0.05) is 26.1 Å². The van der Waals surface area contributed by atoms with Crippen LogP contribution in [0.1, 0.15) is 50.7 Å². The van der Waals surface area contributed by atoms with Gasteiger partial charge in [-0.25, -0.2) is 9.67 Å². The van der Waals surface area contributed by atoms with Crippen molar-refractivity contribution in [2.75, 3.05) is 26.2 Å². The summed E-state index contributed by atoms with van der Waals surface area (Å²) in [7, 11) is 0. The Bertz CT molecular complexity index is 589. The topological polar surface area (TPSA) is 63.1 Å². The van der Waals surface area contributed by atoms with Gasteiger partial charge in [0.25, 0.3) is 0 Å². The Morgan fingerprint density at radius 3 is 2.67 bits per heavy atom. The Morgan fingerprint density at radius 1 is 1.26 bits per heavy atom. The summed E-state index contributed by atoms with van der Waals surface area (Å²) in [6, 6.07) is 0. The fourth-order valence-electron chi connectivity index (χ4n) is 4.36. The highest BCUT2D eigenvalue weighted by molar-refractivity contribution is 5.85. The fourth-order valence-corrected chi connectivity index (χ4v) is 4.36. The normalized spacial score (nSPS) is 23.9.